The van der Waals surface area contributed by atoms with Crippen molar-refractivity contribution < 1.29 is 0 Å². The second-order valence-corrected chi connectivity index (χ2v) is 10.1. The van der Waals surface area contributed by atoms with Gasteiger partial charge < -0.3 is 4.57 Å². The monoisotopic (exact) mass is 217 g/mol. The van der Waals surface area contributed by atoms with Crippen molar-refractivity contribution in [2.24, 2.45) is 0 Å². The molecule has 0 N–H and O–H groups in total. The molecule has 0 fully saturated rings. The van der Waals surface area contributed by atoms with Crippen molar-refractivity contribution in [3.8, 4) is 0 Å². The summed E-state index contributed by atoms with van der Waals surface area (Å²) < 4.78 is 2.47. The van der Waals surface area contributed by atoms with Gasteiger partial charge in [0.15, 0.2) is 0 Å². The van der Waals surface area contributed by atoms with Crippen LogP contribution >= 0.6 is 0 Å². The van der Waals surface area contributed by atoms with E-state index in [-0.39, 0.29) is 0 Å². The molecule has 2 heteroatoms. The fourth-order valence-electron chi connectivity index (χ4n) is 2.17. The fraction of sp³-hybridized carbons (Fsp3) is 0.385. The van der Waals surface area contributed by atoms with Gasteiger partial charge in [-0.25, -0.2) is 0 Å². The van der Waals surface area contributed by atoms with Gasteiger partial charge in [-0.3, -0.25) is 0 Å². The van der Waals surface area contributed by atoms with Crippen LogP contribution in [0.1, 0.15) is 6.92 Å². The molecule has 2 rings (SSSR count). The highest BCUT2D eigenvalue weighted by Gasteiger charge is 2.21. The Kier molecular flexibility index (Phi) is 2.47. The first kappa shape index (κ1) is 10.5. The van der Waals surface area contributed by atoms with E-state index in [1.54, 1.807) is 5.32 Å². The average molecular weight is 217 g/mol. The molecule has 0 atom stereocenters. The molecule has 0 saturated heterocycles. The van der Waals surface area contributed by atoms with E-state index < -0.39 is 8.07 Å². The Labute approximate surface area is 92.7 Å². The zero-order chi connectivity index (χ0) is 11.1. The van der Waals surface area contributed by atoms with Crippen molar-refractivity contribution >= 4 is 24.3 Å². The number of hydrogen-bond acceptors (Lipinski definition) is 0. The summed E-state index contributed by atoms with van der Waals surface area (Å²) in [5.41, 5.74) is 1.39. The molecule has 0 radical (unpaired) electrons. The minimum absolute atomic E-state index is 1.08. The quantitative estimate of drug-likeness (QED) is 0.681. The highest BCUT2D eigenvalue weighted by molar-refractivity contribution is 6.88. The van der Waals surface area contributed by atoms with Gasteiger partial charge in [0.25, 0.3) is 0 Å². The van der Waals surface area contributed by atoms with Gasteiger partial charge in [0.1, 0.15) is 0 Å². The Balaban J connectivity index is 2.75. The zero-order valence-electron chi connectivity index (χ0n) is 10.0. The van der Waals surface area contributed by atoms with Crippen molar-refractivity contribution in [3.05, 3.63) is 30.3 Å². The van der Waals surface area contributed by atoms with Crippen LogP contribution in [0.4, 0.5) is 0 Å². The standard InChI is InChI=1S/C13H19NSi/c1-5-14-12-9-7-6-8-11(12)10-13(14)15(2,3)4/h6-10H,5H2,1-4H3. The van der Waals surface area contributed by atoms with Gasteiger partial charge in [-0.1, -0.05) is 37.8 Å². The molecule has 1 aromatic carbocycles. The molecule has 0 bridgehead atoms. The molecule has 0 saturated carbocycles. The number of nitrogens with zero attached hydrogens (tertiary/aromatic N) is 1. The predicted molar refractivity (Wildman–Crippen MR) is 70.6 cm³/mol. The minimum atomic E-state index is -1.22. The van der Waals surface area contributed by atoms with E-state index in [0.29, 0.717) is 0 Å². The lowest BCUT2D eigenvalue weighted by molar-refractivity contribution is 0.815. The first-order chi connectivity index (χ1) is 7.04. The number of hydrogen-bond donors (Lipinski definition) is 0. The van der Waals surface area contributed by atoms with Crippen LogP contribution in [0.25, 0.3) is 10.9 Å². The number of benzene rings is 1. The summed E-state index contributed by atoms with van der Waals surface area (Å²) in [6.07, 6.45) is 0. The van der Waals surface area contributed by atoms with E-state index in [2.05, 4.69) is 61.5 Å². The maximum absolute atomic E-state index is 2.47. The van der Waals surface area contributed by atoms with E-state index in [4.69, 9.17) is 0 Å². The van der Waals surface area contributed by atoms with Crippen LogP contribution in [0.5, 0.6) is 0 Å². The molecule has 0 spiro atoms. The first-order valence-electron chi connectivity index (χ1n) is 5.63. The van der Waals surface area contributed by atoms with E-state index in [0.717, 1.165) is 6.54 Å². The van der Waals surface area contributed by atoms with E-state index in [1.807, 2.05) is 0 Å². The van der Waals surface area contributed by atoms with Gasteiger partial charge in [0.05, 0.1) is 8.07 Å². The Morgan fingerprint density at radius 3 is 2.40 bits per heavy atom. The summed E-state index contributed by atoms with van der Waals surface area (Å²) >= 11 is 0. The molecule has 0 aliphatic heterocycles. The highest BCUT2D eigenvalue weighted by atomic mass is 28.3. The maximum atomic E-state index is 2.47. The average Bonchev–Trinajstić information content (AvgIpc) is 2.55. The van der Waals surface area contributed by atoms with Gasteiger partial charge in [0, 0.05) is 17.4 Å². The zero-order valence-corrected chi connectivity index (χ0v) is 11.0. The third-order valence-electron chi connectivity index (χ3n) is 2.90. The second-order valence-electron chi connectivity index (χ2n) is 5.08. The molecule has 0 aliphatic carbocycles. The molecule has 80 valence electrons. The van der Waals surface area contributed by atoms with E-state index in [1.165, 1.54) is 10.9 Å². The molecule has 1 heterocycles. The molecule has 2 aromatic rings. The molecule has 1 nitrogen and oxygen atoms in total. The van der Waals surface area contributed by atoms with Gasteiger partial charge in [0.2, 0.25) is 0 Å². The number of rotatable bonds is 2. The van der Waals surface area contributed by atoms with Crippen LogP contribution in [0.3, 0.4) is 0 Å². The first-order valence-corrected chi connectivity index (χ1v) is 9.13. The van der Waals surface area contributed by atoms with Gasteiger partial charge in [-0.05, 0) is 24.4 Å². The lowest BCUT2D eigenvalue weighted by atomic mass is 10.2. The van der Waals surface area contributed by atoms with Crippen LogP contribution in [0.2, 0.25) is 19.6 Å². The fourth-order valence-corrected chi connectivity index (χ4v) is 3.85. The normalized spacial score (nSPS) is 12.3. The van der Waals surface area contributed by atoms with Gasteiger partial charge >= 0.3 is 0 Å². The predicted octanol–water partition coefficient (Wildman–Crippen LogP) is 3.21. The van der Waals surface area contributed by atoms with Crippen LogP contribution in [-0.2, 0) is 6.54 Å². The van der Waals surface area contributed by atoms with Crippen LogP contribution in [0.15, 0.2) is 30.3 Å². The molecule has 1 aromatic heterocycles. The number of para-hydroxylation sites is 1. The Bertz CT molecular complexity index is 477. The minimum Gasteiger partial charge on any atom is -0.349 e. The maximum Gasteiger partial charge on any atom is 0.0984 e. The lowest BCUT2D eigenvalue weighted by Crippen LogP contribution is -2.42. The summed E-state index contributed by atoms with van der Waals surface area (Å²) in [5, 5.41) is 2.95. The third-order valence-corrected chi connectivity index (χ3v) is 4.85. The Hall–Kier alpha value is -1.02. The molecule has 0 amide bonds. The van der Waals surface area contributed by atoms with E-state index in [9.17, 15) is 0 Å². The molecular weight excluding hydrogens is 198 g/mol. The summed E-state index contributed by atoms with van der Waals surface area (Å²) in [6, 6.07) is 11.1. The molecule has 0 aliphatic rings. The van der Waals surface area contributed by atoms with Crippen LogP contribution < -0.4 is 5.32 Å². The van der Waals surface area contributed by atoms with Gasteiger partial charge in [-0.15, -0.1) is 0 Å². The summed E-state index contributed by atoms with van der Waals surface area (Å²) in [5.74, 6) is 0. The van der Waals surface area contributed by atoms with Crippen molar-refractivity contribution in [1.82, 2.24) is 4.57 Å². The summed E-state index contributed by atoms with van der Waals surface area (Å²) in [6.45, 7) is 10.5. The van der Waals surface area contributed by atoms with Crippen molar-refractivity contribution in [2.75, 3.05) is 0 Å². The Morgan fingerprint density at radius 1 is 1.13 bits per heavy atom. The van der Waals surface area contributed by atoms with Crippen LogP contribution in [0, 0.1) is 0 Å². The molecule has 0 unspecified atom stereocenters. The second kappa shape index (κ2) is 3.53. The number of fused-ring (bicyclic) bond motifs is 1. The molecular formula is C13H19NSi. The van der Waals surface area contributed by atoms with Crippen molar-refractivity contribution in [3.63, 3.8) is 0 Å². The van der Waals surface area contributed by atoms with E-state index >= 15 is 0 Å². The Morgan fingerprint density at radius 2 is 1.80 bits per heavy atom. The number of aromatic nitrogens is 1. The van der Waals surface area contributed by atoms with Crippen molar-refractivity contribution in [1.29, 1.82) is 0 Å². The summed E-state index contributed by atoms with van der Waals surface area (Å²) in [4.78, 5) is 0. The van der Waals surface area contributed by atoms with Gasteiger partial charge in [-0.2, -0.15) is 0 Å². The van der Waals surface area contributed by atoms with Crippen molar-refractivity contribution in [2.45, 2.75) is 33.1 Å². The lowest BCUT2D eigenvalue weighted by Gasteiger charge is -2.19. The topological polar surface area (TPSA) is 4.93 Å². The highest BCUT2D eigenvalue weighted by Crippen LogP contribution is 2.16. The third kappa shape index (κ3) is 1.74. The molecule has 15 heavy (non-hydrogen) atoms. The largest absolute Gasteiger partial charge is 0.349 e. The SMILES string of the molecule is CCn1c([Si](C)(C)C)cc2ccccc21. The summed E-state index contributed by atoms with van der Waals surface area (Å²) in [7, 11) is -1.22. The number of aryl methyl sites for hydroxylation is 1. The smallest absolute Gasteiger partial charge is 0.0984 e. The van der Waals surface area contributed by atoms with Crippen LogP contribution in [-0.4, -0.2) is 12.6 Å².